The van der Waals surface area contributed by atoms with Gasteiger partial charge in [-0.05, 0) is 61.8 Å². The molecule has 0 aliphatic carbocycles. The summed E-state index contributed by atoms with van der Waals surface area (Å²) in [5, 5.41) is 2.36. The van der Waals surface area contributed by atoms with Crippen LogP contribution >= 0.6 is 0 Å². The number of benzene rings is 2. The lowest BCUT2D eigenvalue weighted by Gasteiger charge is -2.14. The number of carbonyl (C=O) groups excluding carboxylic acids is 3. The number of methoxy groups -OCH3 is 1. The van der Waals surface area contributed by atoms with Gasteiger partial charge in [-0.3, -0.25) is 9.59 Å². The number of likely N-dealkylation sites (tertiary alicyclic amines) is 1. The fourth-order valence-electron chi connectivity index (χ4n) is 5.32. The van der Waals surface area contributed by atoms with Gasteiger partial charge in [0.15, 0.2) is 0 Å². The van der Waals surface area contributed by atoms with Crippen LogP contribution in [-0.2, 0) is 14.3 Å². The van der Waals surface area contributed by atoms with Crippen molar-refractivity contribution in [1.82, 2.24) is 35.1 Å². The number of hydrogen-bond acceptors (Lipinski definition) is 7. The standard InChI is InChI=1S/C22H21N5.C8H14N2O3.C5H11NO.C3H8.C2H6/c1-2-12-27(11-1)22-24-14-21(26-22)19-9-5-17(6-10-19)16-3-7-18(8-4-16)20-13-23-15-25-20;1-13-8(12)9-6-7(11)10-4-2-3-5-10;1-3-6(4-2)5-7;1-3-2;1-2/h3-10,13-15H,1-2,11-12H2,(H,23,25)(H,24,26);2-6H2,1H3,(H,9,12);5H,3-4H2,1-2H3;3H2,1-2H3;1-2H3. The predicted molar refractivity (Wildman–Crippen MR) is 211 cm³/mol. The fraction of sp³-hybridized carbons (Fsp3) is 0.475. The average Bonchev–Trinajstić information content (AvgIpc) is 4.05. The zero-order chi connectivity index (χ0) is 38.1. The van der Waals surface area contributed by atoms with Crippen LogP contribution in [0.25, 0.3) is 33.6 Å². The smallest absolute Gasteiger partial charge is 0.407 e. The van der Waals surface area contributed by atoms with Crippen molar-refractivity contribution in [3.05, 3.63) is 67.3 Å². The van der Waals surface area contributed by atoms with E-state index in [2.05, 4.69) is 97.3 Å². The van der Waals surface area contributed by atoms with Crippen molar-refractivity contribution >= 4 is 24.4 Å². The maximum absolute atomic E-state index is 11.3. The average molecular weight is 717 g/mol. The van der Waals surface area contributed by atoms with E-state index in [4.69, 9.17) is 0 Å². The van der Waals surface area contributed by atoms with Gasteiger partial charge in [0, 0.05) is 39.3 Å². The van der Waals surface area contributed by atoms with E-state index in [0.29, 0.717) is 0 Å². The second-order valence-corrected chi connectivity index (χ2v) is 11.9. The summed E-state index contributed by atoms with van der Waals surface area (Å²) < 4.78 is 4.34. The van der Waals surface area contributed by atoms with Crippen LogP contribution in [0.4, 0.5) is 10.7 Å². The number of rotatable bonds is 9. The van der Waals surface area contributed by atoms with Crippen molar-refractivity contribution in [2.75, 3.05) is 57.8 Å². The molecule has 0 radical (unpaired) electrons. The van der Waals surface area contributed by atoms with Gasteiger partial charge in [-0.15, -0.1) is 0 Å². The van der Waals surface area contributed by atoms with E-state index in [0.717, 1.165) is 87.0 Å². The molecule has 4 heterocycles. The number of H-pyrrole nitrogens is 2. The van der Waals surface area contributed by atoms with Gasteiger partial charge in [-0.1, -0.05) is 82.6 Å². The second kappa shape index (κ2) is 24.9. The highest BCUT2D eigenvalue weighted by molar-refractivity contribution is 5.82. The van der Waals surface area contributed by atoms with Crippen LogP contribution in [0.15, 0.2) is 67.3 Å². The number of nitrogens with zero attached hydrogens (tertiary/aromatic N) is 5. The highest BCUT2D eigenvalue weighted by atomic mass is 16.5. The number of aromatic amines is 2. The molecule has 2 fully saturated rings. The zero-order valence-corrected chi connectivity index (χ0v) is 32.3. The normalized spacial score (nSPS) is 12.8. The molecule has 0 atom stereocenters. The predicted octanol–water partition coefficient (Wildman–Crippen LogP) is 7.63. The molecule has 0 unspecified atom stereocenters. The van der Waals surface area contributed by atoms with E-state index < -0.39 is 6.09 Å². The largest absolute Gasteiger partial charge is 0.453 e. The summed E-state index contributed by atoms with van der Waals surface area (Å²) in [6.07, 6.45) is 11.6. The first-order valence-electron chi connectivity index (χ1n) is 18.7. The van der Waals surface area contributed by atoms with Crippen LogP contribution in [0.1, 0.15) is 73.6 Å². The van der Waals surface area contributed by atoms with Crippen LogP contribution in [0.5, 0.6) is 0 Å². The van der Waals surface area contributed by atoms with Crippen LogP contribution in [0, 0.1) is 0 Å². The minimum absolute atomic E-state index is 0.0344. The van der Waals surface area contributed by atoms with E-state index in [1.807, 2.05) is 40.1 Å². The van der Waals surface area contributed by atoms with Gasteiger partial charge in [-0.25, -0.2) is 14.8 Å². The molecule has 6 rings (SSSR count). The van der Waals surface area contributed by atoms with Crippen molar-refractivity contribution in [3.8, 4) is 33.6 Å². The monoisotopic (exact) mass is 716 g/mol. The summed E-state index contributed by atoms with van der Waals surface area (Å²) >= 11 is 0. The maximum Gasteiger partial charge on any atom is 0.407 e. The molecular weight excluding hydrogens is 656 g/mol. The SMILES string of the molecule is CC.CCC.CCN(C=O)CC.COC(=O)NCC(=O)N1CCCC1.c1ncc(-c2ccc(-c3ccc(-c4cnc(N5CCCC5)[nH]4)cc3)cc2)[nH]1. The molecule has 0 saturated carbocycles. The molecule has 52 heavy (non-hydrogen) atoms. The van der Waals surface area contributed by atoms with Gasteiger partial charge < -0.3 is 34.7 Å². The van der Waals surface area contributed by atoms with Gasteiger partial charge in [0.05, 0.1) is 37.2 Å². The van der Waals surface area contributed by atoms with E-state index >= 15 is 0 Å². The number of alkyl carbamates (subject to hydrolysis) is 1. The number of ether oxygens (including phenoxy) is 1. The molecule has 3 amide bonds. The molecule has 2 aromatic carbocycles. The quantitative estimate of drug-likeness (QED) is 0.151. The van der Waals surface area contributed by atoms with Crippen molar-refractivity contribution < 1.29 is 19.1 Å². The molecule has 12 heteroatoms. The molecule has 4 aromatic rings. The van der Waals surface area contributed by atoms with Gasteiger partial charge >= 0.3 is 6.09 Å². The van der Waals surface area contributed by atoms with Gasteiger partial charge in [0.2, 0.25) is 18.3 Å². The summed E-state index contributed by atoms with van der Waals surface area (Å²) in [5.74, 6) is 0.948. The Hall–Kier alpha value is -5.13. The number of carbonyl (C=O) groups is 3. The Morgan fingerprint density at radius 2 is 1.31 bits per heavy atom. The Morgan fingerprint density at radius 3 is 1.75 bits per heavy atom. The molecule has 0 bridgehead atoms. The summed E-state index contributed by atoms with van der Waals surface area (Å²) in [6.45, 7) is 17.6. The first-order valence-corrected chi connectivity index (χ1v) is 18.7. The molecule has 2 aliphatic heterocycles. The van der Waals surface area contributed by atoms with E-state index in [1.165, 1.54) is 37.5 Å². The number of aromatic nitrogens is 4. The first kappa shape index (κ1) is 43.0. The molecule has 3 N–H and O–H groups in total. The highest BCUT2D eigenvalue weighted by Crippen LogP contribution is 2.27. The van der Waals surface area contributed by atoms with Crippen LogP contribution < -0.4 is 10.2 Å². The number of amides is 3. The molecule has 284 valence electrons. The Bertz CT molecular complexity index is 1520. The van der Waals surface area contributed by atoms with Gasteiger partial charge in [0.1, 0.15) is 6.54 Å². The Balaban J connectivity index is 0.000000312. The van der Waals surface area contributed by atoms with Crippen molar-refractivity contribution in [2.24, 2.45) is 0 Å². The third-order valence-corrected chi connectivity index (χ3v) is 8.18. The number of nitrogens with one attached hydrogen (secondary N) is 3. The summed E-state index contributed by atoms with van der Waals surface area (Å²) in [4.78, 5) is 52.8. The number of anilines is 1. The summed E-state index contributed by atoms with van der Waals surface area (Å²) in [6, 6.07) is 17.2. The van der Waals surface area contributed by atoms with Crippen LogP contribution in [0.3, 0.4) is 0 Å². The molecule has 0 spiro atoms. The molecule has 2 saturated heterocycles. The third-order valence-electron chi connectivity index (χ3n) is 8.18. The minimum atomic E-state index is -0.562. The first-order chi connectivity index (χ1) is 25.4. The van der Waals surface area contributed by atoms with Gasteiger partial charge in [0.25, 0.3) is 0 Å². The fourth-order valence-corrected chi connectivity index (χ4v) is 5.32. The van der Waals surface area contributed by atoms with Crippen molar-refractivity contribution in [3.63, 3.8) is 0 Å². The Labute approximate surface area is 310 Å². The van der Waals surface area contributed by atoms with Crippen molar-refractivity contribution in [1.29, 1.82) is 0 Å². The molecule has 12 nitrogen and oxygen atoms in total. The van der Waals surface area contributed by atoms with Crippen LogP contribution in [0.2, 0.25) is 0 Å². The third kappa shape index (κ3) is 14.2. The maximum atomic E-state index is 11.3. The lowest BCUT2D eigenvalue weighted by molar-refractivity contribution is -0.129. The highest BCUT2D eigenvalue weighted by Gasteiger charge is 2.18. The molecule has 2 aromatic heterocycles. The second-order valence-electron chi connectivity index (χ2n) is 11.9. The Kier molecular flexibility index (Phi) is 20.6. The van der Waals surface area contributed by atoms with Crippen molar-refractivity contribution in [2.45, 2.75) is 73.6 Å². The lowest BCUT2D eigenvalue weighted by atomic mass is 10.0. The molecular formula is C40H60N8O4. The lowest BCUT2D eigenvalue weighted by Crippen LogP contribution is -2.38. The van der Waals surface area contributed by atoms with E-state index in [1.54, 1.807) is 16.1 Å². The van der Waals surface area contributed by atoms with E-state index in [9.17, 15) is 14.4 Å². The topological polar surface area (TPSA) is 140 Å². The van der Waals surface area contributed by atoms with Gasteiger partial charge in [-0.2, -0.15) is 0 Å². The van der Waals surface area contributed by atoms with Crippen LogP contribution in [-0.4, -0.2) is 101 Å². The number of imidazole rings is 2. The molecule has 2 aliphatic rings. The Morgan fingerprint density at radius 1 is 0.808 bits per heavy atom. The summed E-state index contributed by atoms with van der Waals surface area (Å²) in [7, 11) is 1.27. The summed E-state index contributed by atoms with van der Waals surface area (Å²) in [5.41, 5.74) is 6.80. The minimum Gasteiger partial charge on any atom is -0.453 e. The zero-order valence-electron chi connectivity index (χ0n) is 32.3. The van der Waals surface area contributed by atoms with E-state index in [-0.39, 0.29) is 12.5 Å². The number of hydrogen-bond donors (Lipinski definition) is 3.